The van der Waals surface area contributed by atoms with E-state index in [0.717, 1.165) is 0 Å². The number of hydrogen-bond acceptors (Lipinski definition) is 9. The number of fused-ring (bicyclic) bond motifs is 1. The van der Waals surface area contributed by atoms with Crippen LogP contribution in [0.1, 0.15) is 67.2 Å². The number of esters is 1. The highest BCUT2D eigenvalue weighted by Gasteiger charge is 2.45. The summed E-state index contributed by atoms with van der Waals surface area (Å²) in [5.41, 5.74) is 0. The molecule has 2 saturated heterocycles. The number of aliphatic hydroxyl groups excluding tert-OH is 2. The average molecular weight is 626 g/mol. The molecule has 14 heteroatoms. The molecule has 14 nitrogen and oxygen atoms in total. The lowest BCUT2D eigenvalue weighted by Gasteiger charge is -2.38. The Kier molecular flexibility index (Phi) is 13.6. The van der Waals surface area contributed by atoms with Crippen LogP contribution in [0.25, 0.3) is 0 Å². The number of rotatable bonds is 6. The minimum atomic E-state index is -1.49. The molecule has 0 unspecified atom stereocenters. The number of aliphatic hydroxyl groups is 2. The van der Waals surface area contributed by atoms with E-state index in [1.165, 1.54) is 35.7 Å². The highest BCUT2D eigenvalue weighted by atomic mass is 16.5. The fraction of sp³-hybridized carbons (Fsp3) is 0.800. The lowest BCUT2D eigenvalue weighted by molar-refractivity contribution is -0.164. The van der Waals surface area contributed by atoms with Crippen molar-refractivity contribution in [3.63, 3.8) is 0 Å². The predicted octanol–water partition coefficient (Wildman–Crippen LogP) is -0.741. The van der Waals surface area contributed by atoms with Gasteiger partial charge in [0.1, 0.15) is 24.2 Å². The van der Waals surface area contributed by atoms with E-state index in [9.17, 15) is 39.0 Å². The summed E-state index contributed by atoms with van der Waals surface area (Å²) >= 11 is 0. The fourth-order valence-electron chi connectivity index (χ4n) is 5.70. The van der Waals surface area contributed by atoms with E-state index in [-0.39, 0.29) is 37.3 Å². The number of nitrogens with zero attached hydrogens (tertiary/aromatic N) is 3. The monoisotopic (exact) mass is 625 g/mol. The number of carbonyl (C=O) groups is 6. The van der Waals surface area contributed by atoms with E-state index in [1.807, 2.05) is 13.8 Å². The first-order valence-corrected chi connectivity index (χ1v) is 15.5. The first-order chi connectivity index (χ1) is 20.6. The molecule has 0 aromatic rings. The second-order valence-electron chi connectivity index (χ2n) is 12.5. The van der Waals surface area contributed by atoms with Crippen LogP contribution in [0, 0.1) is 17.8 Å². The van der Waals surface area contributed by atoms with Gasteiger partial charge in [-0.05, 0) is 31.1 Å². The van der Waals surface area contributed by atoms with E-state index in [0.29, 0.717) is 12.8 Å². The molecule has 2 heterocycles. The van der Waals surface area contributed by atoms with Crippen LogP contribution in [0.2, 0.25) is 0 Å². The third kappa shape index (κ3) is 8.68. The number of cyclic esters (lactones) is 1. The van der Waals surface area contributed by atoms with E-state index in [4.69, 9.17) is 4.74 Å². The maximum Gasteiger partial charge on any atom is 0.308 e. The van der Waals surface area contributed by atoms with E-state index in [2.05, 4.69) is 10.6 Å². The Labute approximate surface area is 259 Å². The van der Waals surface area contributed by atoms with Crippen LogP contribution >= 0.6 is 0 Å². The largest absolute Gasteiger partial charge is 0.452 e. The summed E-state index contributed by atoms with van der Waals surface area (Å²) in [6, 6.07) is -3.90. The molecule has 0 aromatic heterocycles. The van der Waals surface area contributed by atoms with Crippen LogP contribution in [0.4, 0.5) is 0 Å². The molecule has 0 saturated carbocycles. The Morgan fingerprint density at radius 1 is 0.955 bits per heavy atom. The van der Waals surface area contributed by atoms with Crippen LogP contribution in [0.3, 0.4) is 0 Å². The standard InChI is InChI=1S/C30H51N5O9/c1-9-17(4)23-29(42)34(8)24(16(2)3)30(43)33(7)19(6)26(39)31-12-10-22(38)44-21(14-20(37)15-36)28(41)35-13-11-18(5)25(35)27(40)32-23/h16-21,23-25,36-37H,9-15H2,1-8H3,(H,31,39)(H,32,40)/t17-,18+,19+,20-,21-,23-,24+,25-/m0/s1. The molecule has 250 valence electrons. The van der Waals surface area contributed by atoms with Crippen molar-refractivity contribution in [2.45, 2.75) is 104 Å². The van der Waals surface area contributed by atoms with Crippen molar-refractivity contribution in [1.82, 2.24) is 25.3 Å². The van der Waals surface area contributed by atoms with Gasteiger partial charge in [-0.1, -0.05) is 41.0 Å². The molecule has 8 atom stereocenters. The number of amides is 5. The molecule has 0 aliphatic carbocycles. The van der Waals surface area contributed by atoms with Crippen LogP contribution in [0.15, 0.2) is 0 Å². The molecule has 5 amide bonds. The van der Waals surface area contributed by atoms with Gasteiger partial charge in [-0.25, -0.2) is 0 Å². The maximum absolute atomic E-state index is 14.0. The molecular weight excluding hydrogens is 574 g/mol. The SMILES string of the molecule is CC[C@H](C)[C@@H]1NC(=O)[C@@H]2[C@H](C)CCN2C(=O)[C@H](C[C@H](O)CO)OC(=O)CCNC(=O)[C@@H](C)N(C)C(=O)[C@@H](C(C)C)N(C)C1=O. The molecule has 2 fully saturated rings. The summed E-state index contributed by atoms with van der Waals surface area (Å²) < 4.78 is 5.42. The number of likely N-dealkylation sites (N-methyl/N-ethyl adjacent to an activating group) is 2. The van der Waals surface area contributed by atoms with Gasteiger partial charge in [0.25, 0.3) is 5.91 Å². The lowest BCUT2D eigenvalue weighted by Crippen LogP contribution is -2.61. The van der Waals surface area contributed by atoms with Crippen molar-refractivity contribution in [2.24, 2.45) is 17.8 Å². The molecule has 0 aromatic carbocycles. The first kappa shape index (κ1) is 36.9. The molecule has 0 bridgehead atoms. The van der Waals surface area contributed by atoms with E-state index in [1.54, 1.807) is 20.8 Å². The van der Waals surface area contributed by atoms with Crippen molar-refractivity contribution in [2.75, 3.05) is 33.8 Å². The Morgan fingerprint density at radius 2 is 1.59 bits per heavy atom. The predicted molar refractivity (Wildman–Crippen MR) is 160 cm³/mol. The van der Waals surface area contributed by atoms with Crippen LogP contribution in [-0.4, -0.2) is 131 Å². The lowest BCUT2D eigenvalue weighted by atomic mass is 9.94. The molecule has 44 heavy (non-hydrogen) atoms. The molecule has 0 spiro atoms. The van der Waals surface area contributed by atoms with Gasteiger partial charge in [0.2, 0.25) is 23.6 Å². The van der Waals surface area contributed by atoms with Crippen LogP contribution in [-0.2, 0) is 33.5 Å². The maximum atomic E-state index is 14.0. The Morgan fingerprint density at radius 3 is 2.16 bits per heavy atom. The van der Waals surface area contributed by atoms with Crippen LogP contribution in [0.5, 0.6) is 0 Å². The van der Waals surface area contributed by atoms with Crippen molar-refractivity contribution in [1.29, 1.82) is 0 Å². The number of ether oxygens (including phenoxy) is 1. The number of hydrogen-bond donors (Lipinski definition) is 4. The van der Waals surface area contributed by atoms with Gasteiger partial charge in [-0.3, -0.25) is 28.8 Å². The van der Waals surface area contributed by atoms with E-state index < -0.39 is 84.9 Å². The van der Waals surface area contributed by atoms with Crippen molar-refractivity contribution in [3.8, 4) is 0 Å². The highest BCUT2D eigenvalue weighted by molar-refractivity contribution is 5.96. The fourth-order valence-corrected chi connectivity index (χ4v) is 5.70. The zero-order valence-corrected chi connectivity index (χ0v) is 27.2. The minimum Gasteiger partial charge on any atom is -0.452 e. The normalized spacial score (nSPS) is 30.2. The summed E-state index contributed by atoms with van der Waals surface area (Å²) in [4.78, 5) is 84.7. The Hall–Kier alpha value is -3.26. The molecule has 4 N–H and O–H groups in total. The van der Waals surface area contributed by atoms with Gasteiger partial charge in [-0.15, -0.1) is 0 Å². The van der Waals surface area contributed by atoms with Crippen LogP contribution < -0.4 is 10.6 Å². The van der Waals surface area contributed by atoms with Gasteiger partial charge in [-0.2, -0.15) is 0 Å². The average Bonchev–Trinajstić information content (AvgIpc) is 3.37. The van der Waals surface area contributed by atoms with Crippen molar-refractivity contribution < 1.29 is 43.7 Å². The van der Waals surface area contributed by atoms with Gasteiger partial charge >= 0.3 is 5.97 Å². The zero-order valence-electron chi connectivity index (χ0n) is 27.2. The molecule has 0 radical (unpaired) electrons. The zero-order chi connectivity index (χ0) is 33.5. The Bertz CT molecular complexity index is 1070. The van der Waals surface area contributed by atoms with Gasteiger partial charge in [0, 0.05) is 33.6 Å². The summed E-state index contributed by atoms with van der Waals surface area (Å²) in [5, 5.41) is 25.0. The smallest absolute Gasteiger partial charge is 0.308 e. The van der Waals surface area contributed by atoms with Gasteiger partial charge < -0.3 is 40.3 Å². The second kappa shape index (κ2) is 16.2. The summed E-state index contributed by atoms with van der Waals surface area (Å²) in [5.74, 6) is -4.54. The third-order valence-electron chi connectivity index (χ3n) is 8.86. The topological polar surface area (TPSA) is 186 Å². The van der Waals surface area contributed by atoms with Crippen molar-refractivity contribution >= 4 is 35.5 Å². The Balaban J connectivity index is 2.59. The summed E-state index contributed by atoms with van der Waals surface area (Å²) in [7, 11) is 2.96. The number of carbonyl (C=O) groups excluding carboxylic acids is 6. The van der Waals surface area contributed by atoms with Crippen molar-refractivity contribution in [3.05, 3.63) is 0 Å². The minimum absolute atomic E-state index is 0.151. The second-order valence-corrected chi connectivity index (χ2v) is 12.5. The molecule has 2 rings (SSSR count). The molecule has 2 aliphatic rings. The first-order valence-electron chi connectivity index (χ1n) is 15.5. The summed E-state index contributed by atoms with van der Waals surface area (Å²) in [6.45, 7) is 9.93. The molecular formula is C30H51N5O9. The van der Waals surface area contributed by atoms with E-state index >= 15 is 0 Å². The quantitative estimate of drug-likeness (QED) is 0.276. The van der Waals surface area contributed by atoms with Gasteiger partial charge in [0.15, 0.2) is 6.10 Å². The highest BCUT2D eigenvalue weighted by Crippen LogP contribution is 2.27. The number of nitrogens with one attached hydrogen (secondary N) is 2. The molecule has 2 aliphatic heterocycles. The third-order valence-corrected chi connectivity index (χ3v) is 8.86. The summed E-state index contributed by atoms with van der Waals surface area (Å²) in [6.07, 6.45) is -2.56. The van der Waals surface area contributed by atoms with Gasteiger partial charge in [0.05, 0.1) is 19.1 Å².